The molecule has 3 N–H and O–H groups in total. The molecule has 0 saturated heterocycles. The summed E-state index contributed by atoms with van der Waals surface area (Å²) >= 11 is 3.52. The lowest BCUT2D eigenvalue weighted by Crippen LogP contribution is -2.32. The third kappa shape index (κ3) is 3.94. The number of rotatable bonds is 7. The van der Waals surface area contributed by atoms with Crippen LogP contribution in [0, 0.1) is 11.8 Å². The van der Waals surface area contributed by atoms with Crippen molar-refractivity contribution in [1.82, 2.24) is 5.32 Å². The Morgan fingerprint density at radius 2 is 2.21 bits per heavy atom. The van der Waals surface area contributed by atoms with Crippen LogP contribution in [0.1, 0.15) is 31.4 Å². The summed E-state index contributed by atoms with van der Waals surface area (Å²) in [4.78, 5) is 0. The first kappa shape index (κ1) is 14.8. The van der Waals surface area contributed by atoms with Crippen molar-refractivity contribution in [2.24, 2.45) is 17.6 Å². The maximum atomic E-state index is 5.89. The second-order valence-electron chi connectivity index (χ2n) is 5.41. The van der Waals surface area contributed by atoms with Gasteiger partial charge in [-0.15, -0.1) is 0 Å². The van der Waals surface area contributed by atoms with Crippen molar-refractivity contribution < 1.29 is 4.74 Å². The molecule has 2 atom stereocenters. The molecule has 19 heavy (non-hydrogen) atoms. The van der Waals surface area contributed by atoms with E-state index in [1.165, 1.54) is 18.4 Å². The number of methoxy groups -OCH3 is 1. The van der Waals surface area contributed by atoms with Crippen molar-refractivity contribution in [3.05, 3.63) is 28.2 Å². The molecule has 1 aliphatic carbocycles. The van der Waals surface area contributed by atoms with Gasteiger partial charge in [-0.1, -0.05) is 13.0 Å². The summed E-state index contributed by atoms with van der Waals surface area (Å²) in [6, 6.07) is 6.36. The topological polar surface area (TPSA) is 47.3 Å². The zero-order valence-corrected chi connectivity index (χ0v) is 13.2. The molecule has 2 unspecified atom stereocenters. The second-order valence-corrected chi connectivity index (χ2v) is 6.26. The van der Waals surface area contributed by atoms with Crippen LogP contribution in [0.3, 0.4) is 0 Å². The summed E-state index contributed by atoms with van der Waals surface area (Å²) in [5.41, 5.74) is 7.10. The van der Waals surface area contributed by atoms with Gasteiger partial charge in [-0.25, -0.2) is 0 Å². The van der Waals surface area contributed by atoms with Crippen LogP contribution >= 0.6 is 15.9 Å². The van der Waals surface area contributed by atoms with Gasteiger partial charge in [0.1, 0.15) is 5.75 Å². The summed E-state index contributed by atoms with van der Waals surface area (Å²) in [6.45, 7) is 3.97. The minimum absolute atomic E-state index is 0.211. The molecule has 3 nitrogen and oxygen atoms in total. The zero-order chi connectivity index (χ0) is 13.8. The third-order valence-corrected chi connectivity index (χ3v) is 4.55. The lowest BCUT2D eigenvalue weighted by molar-refractivity contribution is 0.409. The molecule has 4 heteroatoms. The molecule has 2 rings (SSSR count). The first-order valence-corrected chi connectivity index (χ1v) is 7.72. The zero-order valence-electron chi connectivity index (χ0n) is 11.7. The summed E-state index contributed by atoms with van der Waals surface area (Å²) < 4.78 is 6.23. The maximum absolute atomic E-state index is 5.89. The van der Waals surface area contributed by atoms with Crippen molar-refractivity contribution in [2.45, 2.75) is 25.8 Å². The predicted molar refractivity (Wildman–Crippen MR) is 82.4 cm³/mol. The fourth-order valence-electron chi connectivity index (χ4n) is 2.40. The summed E-state index contributed by atoms with van der Waals surface area (Å²) in [7, 11) is 1.68. The minimum Gasteiger partial charge on any atom is -0.496 e. The van der Waals surface area contributed by atoms with Crippen LogP contribution in [0.15, 0.2) is 22.7 Å². The molecular formula is C15H23BrN2O. The molecule has 1 aromatic rings. The second kappa shape index (κ2) is 6.73. The molecule has 0 bridgehead atoms. The van der Waals surface area contributed by atoms with E-state index in [0.29, 0.717) is 6.54 Å². The number of nitrogens with two attached hydrogens (primary N) is 1. The third-order valence-electron chi connectivity index (χ3n) is 3.93. The van der Waals surface area contributed by atoms with Crippen LogP contribution in [0.5, 0.6) is 5.75 Å². The number of halogens is 1. The van der Waals surface area contributed by atoms with Crippen molar-refractivity contribution in [3.63, 3.8) is 0 Å². The van der Waals surface area contributed by atoms with Crippen LogP contribution in [-0.2, 0) is 0 Å². The first-order chi connectivity index (χ1) is 9.15. The minimum atomic E-state index is 0.211. The van der Waals surface area contributed by atoms with Gasteiger partial charge >= 0.3 is 0 Å². The number of benzene rings is 1. The van der Waals surface area contributed by atoms with E-state index in [2.05, 4.69) is 40.3 Å². The van der Waals surface area contributed by atoms with Gasteiger partial charge in [0, 0.05) is 12.6 Å². The normalized spacial score (nSPS) is 18.1. The Morgan fingerprint density at radius 3 is 2.74 bits per heavy atom. The van der Waals surface area contributed by atoms with Gasteiger partial charge in [-0.2, -0.15) is 0 Å². The molecule has 1 fully saturated rings. The molecule has 106 valence electrons. The summed E-state index contributed by atoms with van der Waals surface area (Å²) in [5, 5.41) is 3.58. The summed E-state index contributed by atoms with van der Waals surface area (Å²) in [5.74, 6) is 2.52. The Kier molecular flexibility index (Phi) is 5.25. The lowest BCUT2D eigenvalue weighted by atomic mass is 10.0. The smallest absolute Gasteiger partial charge is 0.133 e. The Morgan fingerprint density at radius 1 is 1.47 bits per heavy atom. The van der Waals surface area contributed by atoms with Crippen LogP contribution in [0.2, 0.25) is 0 Å². The molecule has 1 saturated carbocycles. The van der Waals surface area contributed by atoms with Gasteiger partial charge < -0.3 is 15.8 Å². The number of hydrogen-bond donors (Lipinski definition) is 2. The molecule has 1 aromatic carbocycles. The van der Waals surface area contributed by atoms with E-state index >= 15 is 0 Å². The van der Waals surface area contributed by atoms with Crippen LogP contribution < -0.4 is 15.8 Å². The van der Waals surface area contributed by atoms with E-state index in [1.807, 2.05) is 6.07 Å². The monoisotopic (exact) mass is 326 g/mol. The molecule has 0 amide bonds. The van der Waals surface area contributed by atoms with Gasteiger partial charge in [0.2, 0.25) is 0 Å². The number of ether oxygens (including phenoxy) is 1. The van der Waals surface area contributed by atoms with Crippen molar-refractivity contribution in [2.75, 3.05) is 20.2 Å². The Balaban J connectivity index is 1.97. The van der Waals surface area contributed by atoms with E-state index in [1.54, 1.807) is 7.11 Å². The van der Waals surface area contributed by atoms with E-state index in [0.717, 1.165) is 28.6 Å². The summed E-state index contributed by atoms with van der Waals surface area (Å²) in [6.07, 6.45) is 2.79. The van der Waals surface area contributed by atoms with Crippen molar-refractivity contribution in [3.8, 4) is 5.75 Å². The number of hydrogen-bond acceptors (Lipinski definition) is 3. The molecule has 1 aliphatic rings. The highest BCUT2D eigenvalue weighted by atomic mass is 79.9. The first-order valence-electron chi connectivity index (χ1n) is 6.92. The number of nitrogens with one attached hydrogen (secondary N) is 1. The maximum Gasteiger partial charge on any atom is 0.133 e. The standard InChI is InChI=1S/C15H23BrN2O/c1-10(11-3-4-11)9-18-14(8-17)12-5-6-15(19-2)13(16)7-12/h5-7,10-11,14,18H,3-4,8-9,17H2,1-2H3. The fraction of sp³-hybridized carbons (Fsp3) is 0.600. The Bertz CT molecular complexity index is 421. The van der Waals surface area contributed by atoms with Gasteiger partial charge in [0.15, 0.2) is 0 Å². The molecule has 0 heterocycles. The predicted octanol–water partition coefficient (Wildman–Crippen LogP) is 3.09. The highest BCUT2D eigenvalue weighted by Gasteiger charge is 2.28. The van der Waals surface area contributed by atoms with E-state index < -0.39 is 0 Å². The van der Waals surface area contributed by atoms with Gasteiger partial charge in [0.05, 0.1) is 11.6 Å². The highest BCUT2D eigenvalue weighted by molar-refractivity contribution is 9.10. The highest BCUT2D eigenvalue weighted by Crippen LogP contribution is 2.36. The van der Waals surface area contributed by atoms with Crippen molar-refractivity contribution >= 4 is 15.9 Å². The van der Waals surface area contributed by atoms with Crippen molar-refractivity contribution in [1.29, 1.82) is 0 Å². The van der Waals surface area contributed by atoms with Gasteiger partial charge in [0.25, 0.3) is 0 Å². The largest absolute Gasteiger partial charge is 0.496 e. The van der Waals surface area contributed by atoms with Crippen LogP contribution in [0.25, 0.3) is 0 Å². The average molecular weight is 327 g/mol. The van der Waals surface area contributed by atoms with Crippen LogP contribution in [0.4, 0.5) is 0 Å². The SMILES string of the molecule is COc1ccc(C(CN)NCC(C)C2CC2)cc1Br. The molecule has 0 aliphatic heterocycles. The Labute approximate surface area is 124 Å². The Hall–Kier alpha value is -0.580. The van der Waals surface area contributed by atoms with Crippen LogP contribution in [-0.4, -0.2) is 20.2 Å². The lowest BCUT2D eigenvalue weighted by Gasteiger charge is -2.21. The van der Waals surface area contributed by atoms with E-state index in [-0.39, 0.29) is 6.04 Å². The molecular weight excluding hydrogens is 304 g/mol. The average Bonchev–Trinajstić information content (AvgIpc) is 3.23. The molecule has 0 spiro atoms. The quantitative estimate of drug-likeness (QED) is 0.809. The van der Waals surface area contributed by atoms with Gasteiger partial charge in [-0.05, 0) is 64.8 Å². The van der Waals surface area contributed by atoms with E-state index in [4.69, 9.17) is 10.5 Å². The van der Waals surface area contributed by atoms with Gasteiger partial charge in [-0.3, -0.25) is 0 Å². The fourth-order valence-corrected chi connectivity index (χ4v) is 2.96. The molecule has 0 aromatic heterocycles. The molecule has 0 radical (unpaired) electrons. The van der Waals surface area contributed by atoms with E-state index in [9.17, 15) is 0 Å².